The smallest absolute Gasteiger partial charge is 0.341 e. The molecule has 1 aliphatic heterocycles. The predicted molar refractivity (Wildman–Crippen MR) is 113 cm³/mol. The van der Waals surface area contributed by atoms with Crippen molar-refractivity contribution in [3.05, 3.63) is 45.8 Å². The minimum atomic E-state index is -0.576. The fourth-order valence-corrected chi connectivity index (χ4v) is 4.26. The number of methoxy groups -OCH3 is 1. The van der Waals surface area contributed by atoms with E-state index < -0.39 is 11.9 Å². The van der Waals surface area contributed by atoms with Crippen molar-refractivity contribution in [3.63, 3.8) is 0 Å². The Kier molecular flexibility index (Phi) is 7.07. The highest BCUT2D eigenvalue weighted by atomic mass is 32.1. The second-order valence-corrected chi connectivity index (χ2v) is 7.59. The van der Waals surface area contributed by atoms with Crippen LogP contribution in [0.2, 0.25) is 0 Å². The molecule has 0 aliphatic carbocycles. The minimum absolute atomic E-state index is 0.185. The highest BCUT2D eigenvalue weighted by Gasteiger charge is 2.29. The van der Waals surface area contributed by atoms with Crippen molar-refractivity contribution in [2.45, 2.75) is 13.8 Å². The van der Waals surface area contributed by atoms with Crippen LogP contribution in [0.15, 0.2) is 24.3 Å². The van der Waals surface area contributed by atoms with E-state index in [0.717, 1.165) is 11.3 Å². The van der Waals surface area contributed by atoms with Gasteiger partial charge in [-0.05, 0) is 37.6 Å². The second-order valence-electron chi connectivity index (χ2n) is 6.57. The van der Waals surface area contributed by atoms with Gasteiger partial charge < -0.3 is 24.4 Å². The number of carbonyl (C=O) groups is 3. The second kappa shape index (κ2) is 9.73. The Balaban J connectivity index is 1.94. The van der Waals surface area contributed by atoms with Crippen molar-refractivity contribution in [1.29, 1.82) is 0 Å². The Hall–Kier alpha value is -2.91. The van der Waals surface area contributed by atoms with Crippen LogP contribution in [0.3, 0.4) is 0 Å². The van der Waals surface area contributed by atoms with Gasteiger partial charge in [0.2, 0.25) is 0 Å². The molecule has 2 heterocycles. The molecule has 1 N–H and O–H groups in total. The highest BCUT2D eigenvalue weighted by molar-refractivity contribution is 7.18. The van der Waals surface area contributed by atoms with Gasteiger partial charge in [0, 0.05) is 18.7 Å². The molecular formula is C21H24N2O6S. The normalized spacial score (nSPS) is 13.6. The van der Waals surface area contributed by atoms with Crippen LogP contribution in [-0.2, 0) is 9.47 Å². The van der Waals surface area contributed by atoms with E-state index >= 15 is 0 Å². The Bertz CT molecular complexity index is 949. The van der Waals surface area contributed by atoms with E-state index in [1.54, 1.807) is 43.0 Å². The summed E-state index contributed by atoms with van der Waals surface area (Å²) in [6.45, 7) is 5.49. The number of rotatable bonds is 6. The fraction of sp³-hybridized carbons (Fsp3) is 0.381. The standard InChI is InChI=1S/C21H24N2O6S/c1-4-29-21(26)16-13(2)17(20(25)23-8-10-28-11-9-23)30-19(16)22-18(24)14-6-5-7-15(12-14)27-3/h5-7,12H,4,8-11H2,1-3H3,(H,22,24). The number of nitrogens with zero attached hydrogens (tertiary/aromatic N) is 1. The molecule has 3 rings (SSSR count). The molecule has 0 saturated carbocycles. The van der Waals surface area contributed by atoms with E-state index in [4.69, 9.17) is 14.2 Å². The molecule has 2 aromatic rings. The van der Waals surface area contributed by atoms with Crippen LogP contribution in [0.1, 0.15) is 42.9 Å². The lowest BCUT2D eigenvalue weighted by molar-refractivity contribution is 0.0305. The summed E-state index contributed by atoms with van der Waals surface area (Å²) in [6.07, 6.45) is 0. The van der Waals surface area contributed by atoms with Gasteiger partial charge in [-0.3, -0.25) is 9.59 Å². The number of nitrogens with one attached hydrogen (secondary N) is 1. The quantitative estimate of drug-likeness (QED) is 0.706. The number of ether oxygens (including phenoxy) is 3. The van der Waals surface area contributed by atoms with Crippen LogP contribution < -0.4 is 10.1 Å². The van der Waals surface area contributed by atoms with Gasteiger partial charge >= 0.3 is 5.97 Å². The molecule has 30 heavy (non-hydrogen) atoms. The summed E-state index contributed by atoms with van der Waals surface area (Å²) in [6, 6.07) is 6.67. The van der Waals surface area contributed by atoms with E-state index in [2.05, 4.69) is 5.32 Å². The number of hydrogen-bond donors (Lipinski definition) is 1. The third-order valence-electron chi connectivity index (χ3n) is 4.68. The number of amides is 2. The molecule has 1 fully saturated rings. The van der Waals surface area contributed by atoms with Crippen LogP contribution in [0, 0.1) is 6.92 Å². The summed E-state index contributed by atoms with van der Waals surface area (Å²) < 4.78 is 15.6. The number of carbonyl (C=O) groups excluding carboxylic acids is 3. The van der Waals surface area contributed by atoms with Gasteiger partial charge in [-0.25, -0.2) is 4.79 Å². The number of hydrogen-bond acceptors (Lipinski definition) is 7. The summed E-state index contributed by atoms with van der Waals surface area (Å²) in [5.74, 6) is -0.633. The van der Waals surface area contributed by atoms with Crippen molar-refractivity contribution < 1.29 is 28.6 Å². The van der Waals surface area contributed by atoms with E-state index in [-0.39, 0.29) is 23.1 Å². The predicted octanol–water partition coefficient (Wildman–Crippen LogP) is 2.97. The Labute approximate surface area is 178 Å². The van der Waals surface area contributed by atoms with Gasteiger partial charge in [-0.2, -0.15) is 0 Å². The molecule has 1 aromatic carbocycles. The van der Waals surface area contributed by atoms with E-state index in [1.165, 1.54) is 7.11 Å². The van der Waals surface area contributed by atoms with Crippen molar-refractivity contribution in [2.75, 3.05) is 45.3 Å². The SMILES string of the molecule is CCOC(=O)c1c(NC(=O)c2cccc(OC)c2)sc(C(=O)N2CCOCC2)c1C. The summed E-state index contributed by atoms with van der Waals surface area (Å²) in [5.41, 5.74) is 1.07. The van der Waals surface area contributed by atoms with Crippen LogP contribution in [0.25, 0.3) is 0 Å². The van der Waals surface area contributed by atoms with Crippen LogP contribution in [-0.4, -0.2) is 62.7 Å². The zero-order valence-corrected chi connectivity index (χ0v) is 18.0. The molecule has 2 amide bonds. The number of esters is 1. The van der Waals surface area contributed by atoms with Crippen molar-refractivity contribution in [3.8, 4) is 5.75 Å². The number of anilines is 1. The molecule has 1 aliphatic rings. The summed E-state index contributed by atoms with van der Waals surface area (Å²) in [7, 11) is 1.52. The Morgan fingerprint density at radius 3 is 2.63 bits per heavy atom. The largest absolute Gasteiger partial charge is 0.497 e. The number of morpholine rings is 1. The molecule has 1 aromatic heterocycles. The molecule has 0 bridgehead atoms. The zero-order chi connectivity index (χ0) is 21.7. The monoisotopic (exact) mass is 432 g/mol. The van der Waals surface area contributed by atoms with Crippen LogP contribution in [0.4, 0.5) is 5.00 Å². The van der Waals surface area contributed by atoms with E-state index in [1.807, 2.05) is 0 Å². The van der Waals surface area contributed by atoms with Crippen molar-refractivity contribution >= 4 is 34.1 Å². The first-order valence-electron chi connectivity index (χ1n) is 9.59. The van der Waals surface area contributed by atoms with Gasteiger partial charge in [0.15, 0.2) is 0 Å². The maximum absolute atomic E-state index is 13.0. The molecule has 0 spiro atoms. The van der Waals surface area contributed by atoms with E-state index in [9.17, 15) is 14.4 Å². The first-order valence-corrected chi connectivity index (χ1v) is 10.4. The summed E-state index contributed by atoms with van der Waals surface area (Å²) in [5, 5.41) is 3.05. The average Bonchev–Trinajstić information content (AvgIpc) is 3.09. The summed E-state index contributed by atoms with van der Waals surface area (Å²) in [4.78, 5) is 40.5. The Morgan fingerprint density at radius 1 is 1.23 bits per heavy atom. The molecule has 8 nitrogen and oxygen atoms in total. The molecule has 160 valence electrons. The number of thiophene rings is 1. The lowest BCUT2D eigenvalue weighted by atomic mass is 10.1. The van der Waals surface area contributed by atoms with Crippen LogP contribution >= 0.6 is 11.3 Å². The molecule has 0 radical (unpaired) electrons. The molecule has 0 unspecified atom stereocenters. The average molecular weight is 432 g/mol. The van der Waals surface area contributed by atoms with Gasteiger partial charge in [0.05, 0.1) is 37.4 Å². The third kappa shape index (κ3) is 4.63. The zero-order valence-electron chi connectivity index (χ0n) is 17.1. The van der Waals surface area contributed by atoms with Gasteiger partial charge in [-0.1, -0.05) is 6.07 Å². The third-order valence-corrected chi connectivity index (χ3v) is 5.87. The van der Waals surface area contributed by atoms with Crippen LogP contribution in [0.5, 0.6) is 5.75 Å². The Morgan fingerprint density at radius 2 is 1.97 bits per heavy atom. The van der Waals surface area contributed by atoms with Crippen molar-refractivity contribution in [2.24, 2.45) is 0 Å². The first kappa shape index (κ1) is 21.8. The lowest BCUT2D eigenvalue weighted by Crippen LogP contribution is -2.40. The fourth-order valence-electron chi connectivity index (χ4n) is 3.10. The summed E-state index contributed by atoms with van der Waals surface area (Å²) >= 11 is 1.08. The minimum Gasteiger partial charge on any atom is -0.497 e. The van der Waals surface area contributed by atoms with Gasteiger partial charge in [0.25, 0.3) is 11.8 Å². The van der Waals surface area contributed by atoms with E-state index in [0.29, 0.717) is 48.1 Å². The molecule has 9 heteroatoms. The highest BCUT2D eigenvalue weighted by Crippen LogP contribution is 2.35. The molecule has 0 atom stereocenters. The number of benzene rings is 1. The topological polar surface area (TPSA) is 94.2 Å². The maximum Gasteiger partial charge on any atom is 0.341 e. The lowest BCUT2D eigenvalue weighted by Gasteiger charge is -2.26. The van der Waals surface area contributed by atoms with Crippen molar-refractivity contribution in [1.82, 2.24) is 4.90 Å². The molecule has 1 saturated heterocycles. The maximum atomic E-state index is 13.0. The van der Waals surface area contributed by atoms with Gasteiger partial charge in [-0.15, -0.1) is 11.3 Å². The first-order chi connectivity index (χ1) is 14.5. The molecular weight excluding hydrogens is 408 g/mol. The van der Waals surface area contributed by atoms with Gasteiger partial charge in [0.1, 0.15) is 10.8 Å².